The van der Waals surface area contributed by atoms with Crippen molar-refractivity contribution in [2.75, 3.05) is 6.61 Å². The third-order valence-electron chi connectivity index (χ3n) is 1.98. The van der Waals surface area contributed by atoms with Gasteiger partial charge in [-0.25, -0.2) is 4.18 Å². The van der Waals surface area contributed by atoms with Crippen LogP contribution in [-0.4, -0.2) is 27.3 Å². The zero-order valence-electron chi connectivity index (χ0n) is 10.7. The van der Waals surface area contributed by atoms with Crippen LogP contribution in [0.2, 0.25) is 0 Å². The van der Waals surface area contributed by atoms with Crippen molar-refractivity contribution in [1.29, 1.82) is 0 Å². The van der Waals surface area contributed by atoms with Gasteiger partial charge in [-0.2, -0.15) is 4.21 Å². The van der Waals surface area contributed by atoms with Crippen molar-refractivity contribution in [1.82, 2.24) is 0 Å². The highest BCUT2D eigenvalue weighted by Gasteiger charge is 2.31. The topological polar surface area (TPSA) is 65.0 Å². The predicted molar refractivity (Wildman–Crippen MR) is 68.4 cm³/mol. The van der Waals surface area contributed by atoms with E-state index in [1.54, 1.807) is 19.1 Å². The molecule has 18 heavy (non-hydrogen) atoms. The molecular formula is C12H18O5S. The fourth-order valence-corrected chi connectivity index (χ4v) is 1.85. The Balaban J connectivity index is 2.63. The molecule has 0 aliphatic rings. The maximum Gasteiger partial charge on any atom is 0.304 e. The second kappa shape index (κ2) is 6.84. The van der Waals surface area contributed by atoms with Crippen LogP contribution in [0.25, 0.3) is 0 Å². The normalized spacial score (nSPS) is 16.3. The van der Waals surface area contributed by atoms with Crippen LogP contribution in [0.15, 0.2) is 30.3 Å². The van der Waals surface area contributed by atoms with Gasteiger partial charge in [-0.15, -0.1) is 0 Å². The molecule has 1 rings (SSSR count). The molecule has 0 aromatic heterocycles. The summed E-state index contributed by atoms with van der Waals surface area (Å²) in [5.74, 6) is -0.632. The molecule has 0 aliphatic carbocycles. The Kier molecular flexibility index (Phi) is 5.74. The van der Waals surface area contributed by atoms with Gasteiger partial charge in [0.1, 0.15) is 12.4 Å². The average molecular weight is 274 g/mol. The molecule has 0 aliphatic heterocycles. The van der Waals surface area contributed by atoms with Crippen LogP contribution in [0.3, 0.4) is 0 Å². The number of hydrogen-bond acceptors (Lipinski definition) is 4. The van der Waals surface area contributed by atoms with E-state index in [0.717, 1.165) is 0 Å². The summed E-state index contributed by atoms with van der Waals surface area (Å²) < 4.78 is 35.4. The standard InChI is InChI=1S/C12H18O5S/c1-10(2)16-12(3,17-18(13)14)9-15-11-7-5-4-6-8-11/h4-8,10H,9H2,1-3H3,(H,13,14). The predicted octanol–water partition coefficient (Wildman–Crippen LogP) is 2.36. The molecule has 0 fully saturated rings. The van der Waals surface area contributed by atoms with Gasteiger partial charge in [-0.3, -0.25) is 4.55 Å². The van der Waals surface area contributed by atoms with E-state index in [0.29, 0.717) is 5.75 Å². The van der Waals surface area contributed by atoms with Crippen molar-refractivity contribution >= 4 is 11.4 Å². The highest BCUT2D eigenvalue weighted by atomic mass is 32.2. The Morgan fingerprint density at radius 2 is 1.94 bits per heavy atom. The first kappa shape index (κ1) is 15.1. The van der Waals surface area contributed by atoms with Crippen LogP contribution in [0.1, 0.15) is 20.8 Å². The minimum atomic E-state index is -2.41. The van der Waals surface area contributed by atoms with Gasteiger partial charge in [0, 0.05) is 0 Å². The van der Waals surface area contributed by atoms with Crippen molar-refractivity contribution in [3.05, 3.63) is 30.3 Å². The van der Waals surface area contributed by atoms with E-state index >= 15 is 0 Å². The highest BCUT2D eigenvalue weighted by molar-refractivity contribution is 7.74. The first-order valence-corrected chi connectivity index (χ1v) is 6.60. The summed E-state index contributed by atoms with van der Waals surface area (Å²) in [6.45, 7) is 5.19. The molecular weight excluding hydrogens is 256 g/mol. The number of benzene rings is 1. The van der Waals surface area contributed by atoms with E-state index in [9.17, 15) is 4.21 Å². The van der Waals surface area contributed by atoms with Crippen LogP contribution in [0, 0.1) is 0 Å². The molecule has 0 saturated heterocycles. The van der Waals surface area contributed by atoms with E-state index < -0.39 is 17.1 Å². The Morgan fingerprint density at radius 1 is 1.33 bits per heavy atom. The van der Waals surface area contributed by atoms with E-state index in [-0.39, 0.29) is 12.7 Å². The van der Waals surface area contributed by atoms with Crippen LogP contribution in [0.4, 0.5) is 0 Å². The Morgan fingerprint density at radius 3 is 2.44 bits per heavy atom. The third kappa shape index (κ3) is 5.59. The van der Waals surface area contributed by atoms with E-state index in [1.807, 2.05) is 32.0 Å². The molecule has 0 saturated carbocycles. The van der Waals surface area contributed by atoms with Gasteiger partial charge in [0.05, 0.1) is 6.10 Å². The van der Waals surface area contributed by atoms with Gasteiger partial charge in [0.2, 0.25) is 5.79 Å². The van der Waals surface area contributed by atoms with Crippen molar-refractivity contribution in [2.45, 2.75) is 32.7 Å². The first-order valence-electron chi connectivity index (χ1n) is 5.57. The SMILES string of the molecule is CC(C)OC(C)(COc1ccccc1)OS(=O)O. The fourth-order valence-electron chi connectivity index (χ4n) is 1.46. The average Bonchev–Trinajstić information content (AvgIpc) is 2.26. The number of ether oxygens (including phenoxy) is 2. The van der Waals surface area contributed by atoms with Crippen molar-refractivity contribution in [3.8, 4) is 5.75 Å². The smallest absolute Gasteiger partial charge is 0.304 e. The Bertz CT molecular complexity index is 381. The molecule has 0 radical (unpaired) electrons. The first-order chi connectivity index (χ1) is 8.41. The summed E-state index contributed by atoms with van der Waals surface area (Å²) in [6.07, 6.45) is -0.155. The van der Waals surface area contributed by atoms with Gasteiger partial charge in [0.15, 0.2) is 0 Å². The highest BCUT2D eigenvalue weighted by Crippen LogP contribution is 2.19. The number of para-hydroxylation sites is 1. The molecule has 102 valence electrons. The lowest BCUT2D eigenvalue weighted by atomic mass is 10.3. The van der Waals surface area contributed by atoms with Gasteiger partial charge >= 0.3 is 11.4 Å². The van der Waals surface area contributed by atoms with Crippen LogP contribution < -0.4 is 4.74 Å². The van der Waals surface area contributed by atoms with E-state index in [1.165, 1.54) is 0 Å². The van der Waals surface area contributed by atoms with Crippen molar-refractivity contribution in [2.24, 2.45) is 0 Å². The quantitative estimate of drug-likeness (QED) is 0.611. The third-order valence-corrected chi connectivity index (χ3v) is 2.47. The molecule has 6 heteroatoms. The zero-order valence-corrected chi connectivity index (χ0v) is 11.5. The van der Waals surface area contributed by atoms with Crippen LogP contribution in [0.5, 0.6) is 5.75 Å². The van der Waals surface area contributed by atoms with Crippen molar-refractivity contribution in [3.63, 3.8) is 0 Å². The molecule has 2 atom stereocenters. The molecule has 0 amide bonds. The zero-order chi connectivity index (χ0) is 13.6. The Hall–Kier alpha value is -0.950. The van der Waals surface area contributed by atoms with E-state index in [4.69, 9.17) is 18.2 Å². The van der Waals surface area contributed by atoms with Gasteiger partial charge in [-0.05, 0) is 32.9 Å². The van der Waals surface area contributed by atoms with E-state index in [2.05, 4.69) is 0 Å². The maximum atomic E-state index is 10.8. The second-order valence-corrected chi connectivity index (χ2v) is 4.80. The molecule has 0 spiro atoms. The van der Waals surface area contributed by atoms with Crippen LogP contribution >= 0.6 is 0 Å². The molecule has 1 aromatic carbocycles. The largest absolute Gasteiger partial charge is 0.488 e. The lowest BCUT2D eigenvalue weighted by molar-refractivity contribution is -0.205. The molecule has 2 unspecified atom stereocenters. The summed E-state index contributed by atoms with van der Waals surface area (Å²) in [4.78, 5) is 0. The molecule has 1 N–H and O–H groups in total. The molecule has 0 heterocycles. The van der Waals surface area contributed by atoms with Gasteiger partial charge < -0.3 is 9.47 Å². The molecule has 5 nitrogen and oxygen atoms in total. The van der Waals surface area contributed by atoms with Gasteiger partial charge in [0.25, 0.3) is 0 Å². The lowest BCUT2D eigenvalue weighted by Crippen LogP contribution is -2.41. The van der Waals surface area contributed by atoms with Crippen LogP contribution in [-0.2, 0) is 20.3 Å². The summed E-state index contributed by atoms with van der Waals surface area (Å²) in [7, 11) is 0. The summed E-state index contributed by atoms with van der Waals surface area (Å²) >= 11 is -2.41. The Labute approximate surface area is 110 Å². The number of rotatable bonds is 7. The summed E-state index contributed by atoms with van der Waals surface area (Å²) in [5.41, 5.74) is 0. The monoisotopic (exact) mass is 274 g/mol. The van der Waals surface area contributed by atoms with Crippen molar-refractivity contribution < 1.29 is 22.4 Å². The minimum Gasteiger partial charge on any atom is -0.488 e. The minimum absolute atomic E-state index is 0.0154. The lowest BCUT2D eigenvalue weighted by Gasteiger charge is -2.29. The summed E-state index contributed by atoms with van der Waals surface area (Å²) in [5, 5.41) is 0. The molecule has 0 bridgehead atoms. The fraction of sp³-hybridized carbons (Fsp3) is 0.500. The summed E-state index contributed by atoms with van der Waals surface area (Å²) in [6, 6.07) is 9.11. The second-order valence-electron chi connectivity index (χ2n) is 4.20. The number of hydrogen-bond donors (Lipinski definition) is 1. The van der Waals surface area contributed by atoms with Gasteiger partial charge in [-0.1, -0.05) is 18.2 Å². The maximum absolute atomic E-state index is 10.8. The molecule has 1 aromatic rings.